The second-order valence-electron chi connectivity index (χ2n) is 9.14. The van der Waals surface area contributed by atoms with Gasteiger partial charge in [-0.05, 0) is 30.5 Å². The zero-order chi connectivity index (χ0) is 27.8. The molecule has 0 spiro atoms. The van der Waals surface area contributed by atoms with Crippen molar-refractivity contribution in [3.63, 3.8) is 0 Å². The Morgan fingerprint density at radius 2 is 1.85 bits per heavy atom. The van der Waals surface area contributed by atoms with E-state index >= 15 is 0 Å². The van der Waals surface area contributed by atoms with Crippen LogP contribution in [0.15, 0.2) is 93.7 Å². The van der Waals surface area contributed by atoms with Gasteiger partial charge in [0.25, 0.3) is 5.56 Å². The Morgan fingerprint density at radius 1 is 1.07 bits per heavy atom. The Kier molecular flexibility index (Phi) is 6.79. The second kappa shape index (κ2) is 10.6. The van der Waals surface area contributed by atoms with E-state index in [0.717, 1.165) is 26.9 Å². The maximum absolute atomic E-state index is 14.0. The van der Waals surface area contributed by atoms with Crippen molar-refractivity contribution in [3.8, 4) is 0 Å². The highest BCUT2D eigenvalue weighted by molar-refractivity contribution is 7.10. The molecule has 0 fully saturated rings. The first-order valence-electron chi connectivity index (χ1n) is 12.6. The third-order valence-electron chi connectivity index (χ3n) is 6.62. The molecule has 1 amide bonds. The Morgan fingerprint density at radius 3 is 2.58 bits per heavy atom. The number of fused-ring (bicyclic) bond motifs is 2. The number of aromatic nitrogens is 2. The highest BCUT2D eigenvalue weighted by atomic mass is 32.1. The molecule has 2 N–H and O–H groups in total. The summed E-state index contributed by atoms with van der Waals surface area (Å²) < 4.78 is 9.31. The third-order valence-corrected chi connectivity index (χ3v) is 8.53. The Labute approximate surface area is 236 Å². The lowest BCUT2D eigenvalue weighted by Crippen LogP contribution is -2.39. The zero-order valence-corrected chi connectivity index (χ0v) is 23.1. The molecule has 3 aromatic heterocycles. The first-order valence-corrected chi connectivity index (χ1v) is 14.3. The van der Waals surface area contributed by atoms with Crippen LogP contribution in [0.1, 0.15) is 29.0 Å². The molecule has 0 bridgehead atoms. The van der Waals surface area contributed by atoms with Gasteiger partial charge in [0.2, 0.25) is 5.91 Å². The summed E-state index contributed by atoms with van der Waals surface area (Å²) in [6.07, 6.45) is 3.63. The molecule has 40 heavy (non-hydrogen) atoms. The summed E-state index contributed by atoms with van der Waals surface area (Å²) in [4.78, 5) is 45.4. The van der Waals surface area contributed by atoms with Crippen LogP contribution in [-0.2, 0) is 20.9 Å². The largest absolute Gasteiger partial charge is 0.463 e. The van der Waals surface area contributed by atoms with Crippen molar-refractivity contribution < 1.29 is 14.3 Å². The number of primary amides is 1. The molecule has 0 radical (unpaired) electrons. The number of benzene rings is 2. The number of thiophene rings is 1. The number of esters is 1. The fraction of sp³-hybridized carbons (Fsp3) is 0.133. The fourth-order valence-corrected chi connectivity index (χ4v) is 6.80. The molecule has 200 valence electrons. The van der Waals surface area contributed by atoms with E-state index in [1.807, 2.05) is 84.4 Å². The van der Waals surface area contributed by atoms with Crippen molar-refractivity contribution in [3.05, 3.63) is 120 Å². The summed E-state index contributed by atoms with van der Waals surface area (Å²) in [6.45, 7) is 1.98. The molecule has 0 saturated carbocycles. The Bertz CT molecular complexity index is 1970. The molecular formula is C30H24N4O4S2. The number of carbonyl (C=O) groups is 2. The van der Waals surface area contributed by atoms with Crippen LogP contribution in [0.2, 0.25) is 0 Å². The summed E-state index contributed by atoms with van der Waals surface area (Å²) in [5.41, 5.74) is 8.41. The van der Waals surface area contributed by atoms with Gasteiger partial charge in [0.1, 0.15) is 12.6 Å². The summed E-state index contributed by atoms with van der Waals surface area (Å²) in [7, 11) is 0. The normalized spacial score (nSPS) is 15.2. The summed E-state index contributed by atoms with van der Waals surface area (Å²) in [5, 5.41) is 2.81. The average molecular weight is 569 g/mol. The summed E-state index contributed by atoms with van der Waals surface area (Å²) in [6, 6.07) is 20.2. The third kappa shape index (κ3) is 4.51. The summed E-state index contributed by atoms with van der Waals surface area (Å²) >= 11 is 2.73. The number of carbonyl (C=O) groups excluding carboxylic acids is 2. The molecule has 0 aliphatic carbocycles. The monoisotopic (exact) mass is 568 g/mol. The van der Waals surface area contributed by atoms with Gasteiger partial charge in [-0.1, -0.05) is 65.9 Å². The lowest BCUT2D eigenvalue weighted by Gasteiger charge is -2.24. The van der Waals surface area contributed by atoms with Gasteiger partial charge in [0.15, 0.2) is 4.80 Å². The molecule has 1 aliphatic heterocycles. The first-order chi connectivity index (χ1) is 19.5. The van der Waals surface area contributed by atoms with E-state index in [-0.39, 0.29) is 18.7 Å². The number of hydrogen-bond donors (Lipinski definition) is 1. The molecular weight excluding hydrogens is 544 g/mol. The van der Waals surface area contributed by atoms with Gasteiger partial charge in [-0.2, -0.15) is 0 Å². The first kappa shape index (κ1) is 25.7. The number of hydrogen-bond acceptors (Lipinski definition) is 7. The van der Waals surface area contributed by atoms with Crippen molar-refractivity contribution in [2.24, 2.45) is 10.7 Å². The molecule has 2 aromatic carbocycles. The average Bonchev–Trinajstić information content (AvgIpc) is 3.68. The predicted molar refractivity (Wildman–Crippen MR) is 157 cm³/mol. The topological polar surface area (TPSA) is 109 Å². The standard InChI is InChI=1S/C30H24N4O4S2/c1-2-38-29(37)25-26(18-9-4-3-5-10-18)32-30-34(27(25)22-13-8-14-39-22)28(36)23(40-30)15-19-16-33(17-24(31)35)21-12-7-6-11-20(19)21/h3-16,27H,2,17H2,1H3,(H2,31,35)/b23-15+. The SMILES string of the molecule is CCOC(=O)C1=C(c2ccccc2)N=c2s/c(=C/c3cn(CC(N)=O)c4ccccc34)c(=O)n2C1c1cccs1. The maximum atomic E-state index is 14.0. The number of para-hydroxylation sites is 1. The van der Waals surface area contributed by atoms with Crippen LogP contribution in [0.5, 0.6) is 0 Å². The molecule has 5 aromatic rings. The van der Waals surface area contributed by atoms with Crippen LogP contribution in [0.4, 0.5) is 0 Å². The second-order valence-corrected chi connectivity index (χ2v) is 11.1. The number of thiazole rings is 1. The highest BCUT2D eigenvalue weighted by Gasteiger charge is 2.35. The van der Waals surface area contributed by atoms with Gasteiger partial charge < -0.3 is 15.0 Å². The minimum absolute atomic E-state index is 0.0251. The number of rotatable bonds is 7. The Hall–Kier alpha value is -4.54. The number of amides is 1. The van der Waals surface area contributed by atoms with E-state index in [2.05, 4.69) is 0 Å². The van der Waals surface area contributed by atoms with Gasteiger partial charge >= 0.3 is 5.97 Å². The van der Waals surface area contributed by atoms with Crippen LogP contribution >= 0.6 is 22.7 Å². The van der Waals surface area contributed by atoms with Crippen LogP contribution in [0, 0.1) is 0 Å². The van der Waals surface area contributed by atoms with E-state index in [9.17, 15) is 14.4 Å². The van der Waals surface area contributed by atoms with Gasteiger partial charge in [0, 0.05) is 33.1 Å². The molecule has 8 nitrogen and oxygen atoms in total. The van der Waals surface area contributed by atoms with E-state index in [1.165, 1.54) is 22.7 Å². The van der Waals surface area contributed by atoms with Gasteiger partial charge in [-0.25, -0.2) is 9.79 Å². The Balaban J connectivity index is 1.62. The smallest absolute Gasteiger partial charge is 0.338 e. The highest BCUT2D eigenvalue weighted by Crippen LogP contribution is 2.36. The van der Waals surface area contributed by atoms with Crippen molar-refractivity contribution in [1.82, 2.24) is 9.13 Å². The lowest BCUT2D eigenvalue weighted by molar-refractivity contribution is -0.138. The van der Waals surface area contributed by atoms with Crippen molar-refractivity contribution >= 4 is 57.2 Å². The molecule has 1 atom stereocenters. The van der Waals surface area contributed by atoms with E-state index in [1.54, 1.807) is 16.1 Å². The van der Waals surface area contributed by atoms with Gasteiger partial charge in [-0.3, -0.25) is 14.2 Å². The van der Waals surface area contributed by atoms with E-state index in [0.29, 0.717) is 20.6 Å². The molecule has 1 unspecified atom stereocenters. The van der Waals surface area contributed by atoms with Crippen LogP contribution < -0.4 is 20.6 Å². The number of nitrogens with two attached hydrogens (primary N) is 1. The quantitative estimate of drug-likeness (QED) is 0.304. The van der Waals surface area contributed by atoms with Crippen molar-refractivity contribution in [1.29, 1.82) is 0 Å². The maximum Gasteiger partial charge on any atom is 0.338 e. The van der Waals surface area contributed by atoms with Crippen molar-refractivity contribution in [2.75, 3.05) is 6.61 Å². The summed E-state index contributed by atoms with van der Waals surface area (Å²) in [5.74, 6) is -0.963. The van der Waals surface area contributed by atoms with Crippen LogP contribution in [-0.4, -0.2) is 27.6 Å². The molecule has 6 rings (SSSR count). The molecule has 10 heteroatoms. The van der Waals surface area contributed by atoms with E-state index < -0.39 is 17.9 Å². The zero-order valence-electron chi connectivity index (χ0n) is 21.4. The van der Waals surface area contributed by atoms with Crippen LogP contribution in [0.3, 0.4) is 0 Å². The minimum atomic E-state index is -0.691. The number of nitrogens with zero attached hydrogens (tertiary/aromatic N) is 3. The lowest BCUT2D eigenvalue weighted by atomic mass is 9.97. The van der Waals surface area contributed by atoms with Gasteiger partial charge in [0.05, 0.1) is 22.4 Å². The van der Waals surface area contributed by atoms with Crippen molar-refractivity contribution in [2.45, 2.75) is 19.5 Å². The van der Waals surface area contributed by atoms with E-state index in [4.69, 9.17) is 15.5 Å². The minimum Gasteiger partial charge on any atom is -0.463 e. The molecule has 4 heterocycles. The van der Waals surface area contributed by atoms with Gasteiger partial charge in [-0.15, -0.1) is 11.3 Å². The van der Waals surface area contributed by atoms with Crippen LogP contribution in [0.25, 0.3) is 22.7 Å². The number of ether oxygens (including phenoxy) is 1. The molecule has 1 aliphatic rings. The molecule has 0 saturated heterocycles. The predicted octanol–water partition coefficient (Wildman–Crippen LogP) is 3.44. The fourth-order valence-electron chi connectivity index (χ4n) is 4.99.